The van der Waals surface area contributed by atoms with E-state index in [2.05, 4.69) is 15.3 Å². The number of aryl methyl sites for hydroxylation is 1. The summed E-state index contributed by atoms with van der Waals surface area (Å²) in [5, 5.41) is 12.2. The van der Waals surface area contributed by atoms with Gasteiger partial charge in [-0.2, -0.15) is 4.99 Å². The number of nitrogens with zero attached hydrogens (tertiary/aromatic N) is 2. The number of rotatable bonds is 2. The van der Waals surface area contributed by atoms with E-state index in [0.717, 1.165) is 11.3 Å². The summed E-state index contributed by atoms with van der Waals surface area (Å²) < 4.78 is 0. The molecule has 1 aliphatic rings. The van der Waals surface area contributed by atoms with Gasteiger partial charge in [0.2, 0.25) is 11.0 Å². The van der Waals surface area contributed by atoms with Crippen LogP contribution in [-0.2, 0) is 4.79 Å². The smallest absolute Gasteiger partial charge is 0.347 e. The first-order valence-corrected chi connectivity index (χ1v) is 6.08. The van der Waals surface area contributed by atoms with Crippen LogP contribution in [0.5, 0.6) is 0 Å². The maximum absolute atomic E-state index is 10.9. The number of carboxylic acid groups (broad SMARTS) is 1. The highest BCUT2D eigenvalue weighted by Crippen LogP contribution is 2.26. The number of thioether (sulfide) groups is 1. The standard InChI is InChI=1S/C8H7N3O3S2/c1-3-5(6(13)14)16-8(9-3)11-7-10-4(12)2-15-7/h2H2,1H3,(H,13,14)(H,9,10,11,12). The third-order valence-corrected chi connectivity index (χ3v) is 3.68. The summed E-state index contributed by atoms with van der Waals surface area (Å²) in [6.07, 6.45) is 0. The lowest BCUT2D eigenvalue weighted by Crippen LogP contribution is -2.19. The molecule has 0 atom stereocenters. The lowest BCUT2D eigenvalue weighted by atomic mass is 10.4. The second-order valence-corrected chi connectivity index (χ2v) is 4.91. The molecule has 0 aromatic carbocycles. The molecule has 1 aromatic rings. The minimum Gasteiger partial charge on any atom is -0.477 e. The van der Waals surface area contributed by atoms with E-state index < -0.39 is 5.97 Å². The molecular formula is C8H7N3O3S2. The van der Waals surface area contributed by atoms with Crippen LogP contribution in [0.15, 0.2) is 4.99 Å². The first kappa shape index (κ1) is 11.1. The fourth-order valence-corrected chi connectivity index (χ4v) is 2.62. The van der Waals surface area contributed by atoms with Crippen molar-refractivity contribution in [2.75, 3.05) is 5.75 Å². The van der Waals surface area contributed by atoms with Crippen LogP contribution in [0.25, 0.3) is 0 Å². The molecule has 16 heavy (non-hydrogen) atoms. The Labute approximate surface area is 98.8 Å². The molecule has 0 radical (unpaired) electrons. The van der Waals surface area contributed by atoms with Gasteiger partial charge in [0.1, 0.15) is 4.88 Å². The van der Waals surface area contributed by atoms with Crippen molar-refractivity contribution >= 4 is 45.3 Å². The van der Waals surface area contributed by atoms with Crippen molar-refractivity contribution in [1.29, 1.82) is 0 Å². The highest BCUT2D eigenvalue weighted by atomic mass is 32.2. The van der Waals surface area contributed by atoms with E-state index in [1.165, 1.54) is 11.8 Å². The fourth-order valence-electron chi connectivity index (χ4n) is 1.10. The van der Waals surface area contributed by atoms with Crippen LogP contribution >= 0.6 is 23.1 Å². The number of carbonyl (C=O) groups excluding carboxylic acids is 1. The summed E-state index contributed by atoms with van der Waals surface area (Å²) in [6.45, 7) is 1.62. The van der Waals surface area contributed by atoms with Crippen LogP contribution in [-0.4, -0.2) is 32.9 Å². The molecule has 84 valence electrons. The second kappa shape index (κ2) is 4.22. The quantitative estimate of drug-likeness (QED) is 0.824. The number of thiazole rings is 1. The SMILES string of the molecule is Cc1nc(N=C2NC(=O)CS2)sc1C(=O)O. The first-order valence-electron chi connectivity index (χ1n) is 4.28. The van der Waals surface area contributed by atoms with Crippen molar-refractivity contribution < 1.29 is 14.7 Å². The number of amides is 1. The zero-order valence-electron chi connectivity index (χ0n) is 8.18. The summed E-state index contributed by atoms with van der Waals surface area (Å²) in [6, 6.07) is 0. The molecule has 6 nitrogen and oxygen atoms in total. The minimum absolute atomic E-state index is 0.101. The van der Waals surface area contributed by atoms with E-state index in [0.29, 0.717) is 21.7 Å². The van der Waals surface area contributed by atoms with E-state index in [4.69, 9.17) is 5.11 Å². The van der Waals surface area contributed by atoms with Gasteiger partial charge in [-0.25, -0.2) is 9.78 Å². The molecule has 0 unspecified atom stereocenters. The van der Waals surface area contributed by atoms with Gasteiger partial charge >= 0.3 is 5.97 Å². The van der Waals surface area contributed by atoms with Gasteiger partial charge in [0, 0.05) is 0 Å². The molecule has 1 aromatic heterocycles. The van der Waals surface area contributed by atoms with Crippen molar-refractivity contribution in [2.24, 2.45) is 4.99 Å². The number of amidine groups is 1. The number of hydrogen-bond acceptors (Lipinski definition) is 6. The zero-order chi connectivity index (χ0) is 11.7. The molecule has 0 bridgehead atoms. The fraction of sp³-hybridized carbons (Fsp3) is 0.250. The molecule has 8 heteroatoms. The van der Waals surface area contributed by atoms with Gasteiger partial charge in [-0.1, -0.05) is 23.1 Å². The summed E-state index contributed by atoms with van der Waals surface area (Å²) in [5.74, 6) is -0.769. The predicted molar refractivity (Wildman–Crippen MR) is 61.5 cm³/mol. The van der Waals surface area contributed by atoms with Gasteiger partial charge in [-0.05, 0) is 6.92 Å². The topological polar surface area (TPSA) is 91.7 Å². The number of carbonyl (C=O) groups is 2. The van der Waals surface area contributed by atoms with Gasteiger partial charge in [-0.3, -0.25) is 4.79 Å². The molecule has 2 N–H and O–H groups in total. The van der Waals surface area contributed by atoms with Crippen molar-refractivity contribution in [2.45, 2.75) is 6.92 Å². The van der Waals surface area contributed by atoms with Crippen LogP contribution < -0.4 is 5.32 Å². The predicted octanol–water partition coefficient (Wildman–Crippen LogP) is 1.00. The Hall–Kier alpha value is -1.41. The van der Waals surface area contributed by atoms with Crippen molar-refractivity contribution in [3.05, 3.63) is 10.6 Å². The average molecular weight is 257 g/mol. The zero-order valence-corrected chi connectivity index (χ0v) is 9.81. The molecule has 2 heterocycles. The highest BCUT2D eigenvalue weighted by Gasteiger charge is 2.18. The summed E-state index contributed by atoms with van der Waals surface area (Å²) >= 11 is 2.27. The number of aromatic carboxylic acids is 1. The minimum atomic E-state index is -1.01. The van der Waals surface area contributed by atoms with Crippen LogP contribution in [0.2, 0.25) is 0 Å². The largest absolute Gasteiger partial charge is 0.477 e. The average Bonchev–Trinajstić information content (AvgIpc) is 2.73. The summed E-state index contributed by atoms with van der Waals surface area (Å²) in [7, 11) is 0. The molecular weight excluding hydrogens is 250 g/mol. The number of nitrogens with one attached hydrogen (secondary N) is 1. The Morgan fingerprint density at radius 3 is 2.88 bits per heavy atom. The number of carboxylic acids is 1. The third kappa shape index (κ3) is 2.22. The Morgan fingerprint density at radius 1 is 1.62 bits per heavy atom. The van der Waals surface area contributed by atoms with E-state index in [-0.39, 0.29) is 10.8 Å². The van der Waals surface area contributed by atoms with E-state index in [1.54, 1.807) is 6.92 Å². The number of aliphatic imine (C=N–C) groups is 1. The van der Waals surface area contributed by atoms with Crippen molar-refractivity contribution in [1.82, 2.24) is 10.3 Å². The molecule has 2 rings (SSSR count). The molecule has 1 amide bonds. The molecule has 1 saturated heterocycles. The van der Waals surface area contributed by atoms with E-state index in [9.17, 15) is 9.59 Å². The molecule has 0 aliphatic carbocycles. The molecule has 0 spiro atoms. The lowest BCUT2D eigenvalue weighted by molar-refractivity contribution is -0.116. The van der Waals surface area contributed by atoms with E-state index in [1.807, 2.05) is 0 Å². The van der Waals surface area contributed by atoms with Crippen molar-refractivity contribution in [3.8, 4) is 0 Å². The first-order chi connectivity index (χ1) is 7.56. The van der Waals surface area contributed by atoms with Crippen LogP contribution in [0.3, 0.4) is 0 Å². The number of hydrogen-bond donors (Lipinski definition) is 2. The normalized spacial score (nSPS) is 17.8. The van der Waals surface area contributed by atoms with Crippen LogP contribution in [0.4, 0.5) is 5.13 Å². The Morgan fingerprint density at radius 2 is 2.38 bits per heavy atom. The Kier molecular flexibility index (Phi) is 2.92. The van der Waals surface area contributed by atoms with Crippen LogP contribution in [0.1, 0.15) is 15.4 Å². The van der Waals surface area contributed by atoms with Crippen molar-refractivity contribution in [3.63, 3.8) is 0 Å². The maximum atomic E-state index is 10.9. The Balaban J connectivity index is 2.25. The van der Waals surface area contributed by atoms with Crippen LogP contribution in [0, 0.1) is 6.92 Å². The van der Waals surface area contributed by atoms with Gasteiger partial charge < -0.3 is 10.4 Å². The van der Waals surface area contributed by atoms with Gasteiger partial charge in [-0.15, -0.1) is 0 Å². The number of aromatic nitrogens is 1. The molecule has 1 fully saturated rings. The summed E-state index contributed by atoms with van der Waals surface area (Å²) in [5.41, 5.74) is 0.436. The highest BCUT2D eigenvalue weighted by molar-refractivity contribution is 8.15. The maximum Gasteiger partial charge on any atom is 0.347 e. The van der Waals surface area contributed by atoms with E-state index >= 15 is 0 Å². The molecule has 0 saturated carbocycles. The Bertz CT molecular complexity index is 495. The van der Waals surface area contributed by atoms with Gasteiger partial charge in [0.05, 0.1) is 11.4 Å². The van der Waals surface area contributed by atoms with Gasteiger partial charge in [0.15, 0.2) is 5.17 Å². The summed E-state index contributed by atoms with van der Waals surface area (Å²) in [4.78, 5) is 29.9. The second-order valence-electron chi connectivity index (χ2n) is 2.97. The third-order valence-electron chi connectivity index (χ3n) is 1.76. The monoisotopic (exact) mass is 257 g/mol. The van der Waals surface area contributed by atoms with Gasteiger partial charge in [0.25, 0.3) is 0 Å². The lowest BCUT2D eigenvalue weighted by Gasteiger charge is -1.90. The molecule has 1 aliphatic heterocycles.